The summed E-state index contributed by atoms with van der Waals surface area (Å²) in [6.07, 6.45) is 0.336. The molecule has 0 bridgehead atoms. The molecule has 1 heterocycles. The minimum atomic E-state index is -2.64. The van der Waals surface area contributed by atoms with E-state index in [1.807, 2.05) is 13.8 Å². The lowest BCUT2D eigenvalue weighted by Gasteiger charge is -2.51. The number of phenolic OH excluding ortho intramolecular Hbond substituents is 1. The van der Waals surface area contributed by atoms with E-state index < -0.39 is 58.0 Å². The van der Waals surface area contributed by atoms with Crippen molar-refractivity contribution in [3.63, 3.8) is 0 Å². The zero-order chi connectivity index (χ0) is 27.5. The van der Waals surface area contributed by atoms with Crippen LogP contribution in [0.1, 0.15) is 31.4 Å². The Morgan fingerprint density at radius 2 is 1.82 bits per heavy atom. The maximum atomic E-state index is 14.0. The van der Waals surface area contributed by atoms with Gasteiger partial charge in [-0.1, -0.05) is 13.8 Å². The van der Waals surface area contributed by atoms with Crippen molar-refractivity contribution >= 4 is 28.9 Å². The van der Waals surface area contributed by atoms with Crippen LogP contribution in [0.4, 0.5) is 5.69 Å². The van der Waals surface area contributed by atoms with Crippen LogP contribution in [-0.4, -0.2) is 93.8 Å². The predicted molar refractivity (Wildman–Crippen MR) is 137 cm³/mol. The summed E-state index contributed by atoms with van der Waals surface area (Å²) in [4.78, 5) is 43.5. The van der Waals surface area contributed by atoms with Gasteiger partial charge in [0, 0.05) is 30.3 Å². The van der Waals surface area contributed by atoms with Crippen LogP contribution in [0.3, 0.4) is 0 Å². The number of nitrogens with two attached hydrogens (primary N) is 1. The highest BCUT2D eigenvalue weighted by Crippen LogP contribution is 2.53. The van der Waals surface area contributed by atoms with Crippen LogP contribution in [0.25, 0.3) is 5.76 Å². The molecule has 204 valence electrons. The van der Waals surface area contributed by atoms with Gasteiger partial charge in [0.1, 0.15) is 22.8 Å². The van der Waals surface area contributed by atoms with E-state index in [2.05, 4.69) is 4.90 Å². The van der Waals surface area contributed by atoms with E-state index in [4.69, 9.17) is 10.5 Å². The molecule has 1 amide bonds. The van der Waals surface area contributed by atoms with E-state index >= 15 is 0 Å². The Hall–Kier alpha value is -3.41. The minimum absolute atomic E-state index is 0.0717. The second kappa shape index (κ2) is 9.40. The van der Waals surface area contributed by atoms with Gasteiger partial charge in [-0.25, -0.2) is 0 Å². The van der Waals surface area contributed by atoms with Crippen molar-refractivity contribution in [2.75, 3.05) is 44.3 Å². The maximum Gasteiger partial charge on any atom is 0.255 e. The van der Waals surface area contributed by atoms with Crippen molar-refractivity contribution in [3.05, 3.63) is 40.2 Å². The normalized spacial score (nSPS) is 29.4. The molecule has 4 atom stereocenters. The van der Waals surface area contributed by atoms with Gasteiger partial charge in [0.25, 0.3) is 5.91 Å². The lowest BCUT2D eigenvalue weighted by atomic mass is 9.57. The number of benzene rings is 1. The summed E-state index contributed by atoms with van der Waals surface area (Å²) in [6, 6.07) is 2.14. The molecule has 11 nitrogen and oxygen atoms in total. The summed E-state index contributed by atoms with van der Waals surface area (Å²) in [5.74, 6) is -6.45. The van der Waals surface area contributed by atoms with Crippen LogP contribution >= 0.6 is 0 Å². The fourth-order valence-electron chi connectivity index (χ4n) is 6.77. The number of anilines is 1. The molecule has 4 aliphatic rings. The van der Waals surface area contributed by atoms with Gasteiger partial charge in [0.05, 0.1) is 24.8 Å². The van der Waals surface area contributed by atoms with E-state index in [9.17, 15) is 34.8 Å². The SMILES string of the molecule is CCN(CC)[C@H]1C(=O)C(C(N)=O)=C(O)[C@@]2(O)C(=O)C3=C(O)c4c(O)ccc(N5CCOCC5)c4C[C@H]3C[C@@H]12. The molecule has 0 spiro atoms. The summed E-state index contributed by atoms with van der Waals surface area (Å²) in [6.45, 7) is 6.69. The van der Waals surface area contributed by atoms with Crippen LogP contribution in [0, 0.1) is 11.8 Å². The molecule has 0 radical (unpaired) electrons. The summed E-state index contributed by atoms with van der Waals surface area (Å²) in [5, 5.41) is 45.0. The predicted octanol–water partition coefficient (Wildman–Crippen LogP) is 0.581. The molecular weight excluding hydrogens is 494 g/mol. The van der Waals surface area contributed by atoms with Gasteiger partial charge in [-0.05, 0) is 49.5 Å². The van der Waals surface area contributed by atoms with Crippen molar-refractivity contribution in [2.24, 2.45) is 17.6 Å². The second-order valence-electron chi connectivity index (χ2n) is 10.3. The Kier molecular flexibility index (Phi) is 6.49. The highest BCUT2D eigenvalue weighted by atomic mass is 16.5. The van der Waals surface area contributed by atoms with E-state index in [1.165, 1.54) is 6.07 Å². The number of carbonyl (C=O) groups excluding carboxylic acids is 3. The van der Waals surface area contributed by atoms with Crippen LogP contribution in [-0.2, 0) is 25.5 Å². The number of nitrogens with zero attached hydrogens (tertiary/aromatic N) is 2. The molecule has 0 unspecified atom stereocenters. The fraction of sp³-hybridized carbons (Fsp3) is 0.519. The number of ketones is 2. The molecule has 1 saturated carbocycles. The maximum absolute atomic E-state index is 14.0. The van der Waals surface area contributed by atoms with Crippen molar-refractivity contribution in [1.29, 1.82) is 0 Å². The Morgan fingerprint density at radius 1 is 1.16 bits per heavy atom. The number of amides is 1. The smallest absolute Gasteiger partial charge is 0.255 e. The molecule has 38 heavy (non-hydrogen) atoms. The lowest BCUT2D eigenvalue weighted by Crippen LogP contribution is -2.66. The highest BCUT2D eigenvalue weighted by molar-refractivity contribution is 6.24. The standard InChI is InChI=1S/C27H33N3O8/c1-3-29(4-2)21-15-12-13-11-14-16(30-7-9-38-10-8-30)5-6-17(31)19(14)22(32)18(13)24(34)27(15,37)25(35)20(23(21)33)26(28)36/h5-6,13,15,21,31-32,35,37H,3-4,7-12H2,1-2H3,(H2,28,36)/t13-,15-,21+,27-/m0/s1. The zero-order valence-electron chi connectivity index (χ0n) is 21.4. The zero-order valence-corrected chi connectivity index (χ0v) is 21.4. The molecule has 1 aromatic carbocycles. The molecule has 5 rings (SSSR count). The Bertz CT molecular complexity index is 1280. The van der Waals surface area contributed by atoms with Gasteiger partial charge >= 0.3 is 0 Å². The molecule has 11 heteroatoms. The topological polar surface area (TPSA) is 174 Å². The molecule has 2 fully saturated rings. The van der Waals surface area contributed by atoms with Gasteiger partial charge in [-0.2, -0.15) is 0 Å². The number of hydrogen-bond donors (Lipinski definition) is 5. The van der Waals surface area contributed by atoms with E-state index in [-0.39, 0.29) is 29.7 Å². The number of carbonyl (C=O) groups is 3. The van der Waals surface area contributed by atoms with Gasteiger partial charge in [-0.15, -0.1) is 0 Å². The second-order valence-corrected chi connectivity index (χ2v) is 10.3. The lowest BCUT2D eigenvalue weighted by molar-refractivity contribution is -0.154. The number of ether oxygens (including phenoxy) is 1. The number of fused-ring (bicyclic) bond motifs is 3. The van der Waals surface area contributed by atoms with Crippen molar-refractivity contribution in [1.82, 2.24) is 4.90 Å². The number of likely N-dealkylation sites (N-methyl/N-ethyl adjacent to an activating group) is 1. The third-order valence-corrected chi connectivity index (χ3v) is 8.58. The molecular formula is C27H33N3O8. The number of Topliss-reactive ketones (excluding diaryl/α,β-unsaturated/α-hetero) is 2. The van der Waals surface area contributed by atoms with Gasteiger partial charge in [0.2, 0.25) is 5.78 Å². The fourth-order valence-corrected chi connectivity index (χ4v) is 6.77. The Balaban J connectivity index is 1.70. The largest absolute Gasteiger partial charge is 0.508 e. The minimum Gasteiger partial charge on any atom is -0.508 e. The van der Waals surface area contributed by atoms with E-state index in [0.717, 1.165) is 5.69 Å². The van der Waals surface area contributed by atoms with Crippen LogP contribution < -0.4 is 10.6 Å². The summed E-state index contributed by atoms with van der Waals surface area (Å²) in [5.41, 5.74) is 3.40. The first-order valence-electron chi connectivity index (χ1n) is 13.0. The van der Waals surface area contributed by atoms with E-state index in [1.54, 1.807) is 11.0 Å². The number of hydrogen-bond acceptors (Lipinski definition) is 10. The number of phenols is 1. The van der Waals surface area contributed by atoms with Crippen LogP contribution in [0.2, 0.25) is 0 Å². The number of aromatic hydroxyl groups is 1. The monoisotopic (exact) mass is 527 g/mol. The molecule has 0 aromatic heterocycles. The molecule has 6 N–H and O–H groups in total. The number of aliphatic hydroxyl groups excluding tert-OH is 2. The number of aliphatic hydroxyl groups is 3. The van der Waals surface area contributed by atoms with Crippen molar-refractivity contribution < 1.29 is 39.5 Å². The van der Waals surface area contributed by atoms with Gasteiger partial charge < -0.3 is 35.8 Å². The van der Waals surface area contributed by atoms with Crippen molar-refractivity contribution in [2.45, 2.75) is 38.3 Å². The van der Waals surface area contributed by atoms with Crippen LogP contribution in [0.5, 0.6) is 5.75 Å². The molecule has 3 aliphatic carbocycles. The average Bonchev–Trinajstić information content (AvgIpc) is 2.89. The first-order valence-corrected chi connectivity index (χ1v) is 13.0. The Labute approximate surface area is 219 Å². The quantitative estimate of drug-likeness (QED) is 0.341. The molecule has 1 saturated heterocycles. The number of rotatable bonds is 5. The third kappa shape index (κ3) is 3.56. The highest BCUT2D eigenvalue weighted by Gasteiger charge is 2.64. The number of morpholine rings is 1. The first kappa shape index (κ1) is 26.2. The van der Waals surface area contributed by atoms with Gasteiger partial charge in [0.15, 0.2) is 11.4 Å². The molecule has 1 aliphatic heterocycles. The summed E-state index contributed by atoms with van der Waals surface area (Å²) in [7, 11) is 0. The average molecular weight is 528 g/mol. The number of primary amides is 1. The molecule has 1 aromatic rings. The summed E-state index contributed by atoms with van der Waals surface area (Å²) < 4.78 is 5.46. The van der Waals surface area contributed by atoms with Gasteiger partial charge in [-0.3, -0.25) is 19.3 Å². The third-order valence-electron chi connectivity index (χ3n) is 8.58. The van der Waals surface area contributed by atoms with E-state index in [0.29, 0.717) is 45.0 Å². The van der Waals surface area contributed by atoms with Crippen LogP contribution in [0.15, 0.2) is 29.0 Å². The Morgan fingerprint density at radius 3 is 2.42 bits per heavy atom. The summed E-state index contributed by atoms with van der Waals surface area (Å²) >= 11 is 0. The van der Waals surface area contributed by atoms with Crippen molar-refractivity contribution in [3.8, 4) is 5.75 Å². The first-order chi connectivity index (χ1) is 18.1.